The van der Waals surface area contributed by atoms with Gasteiger partial charge in [0.1, 0.15) is 0 Å². The van der Waals surface area contributed by atoms with Crippen LogP contribution in [-0.4, -0.2) is 36.1 Å². The molecule has 0 saturated heterocycles. The Morgan fingerprint density at radius 1 is 1.47 bits per heavy atom. The van der Waals surface area contributed by atoms with Crippen LogP contribution in [0.2, 0.25) is 0 Å². The van der Waals surface area contributed by atoms with E-state index >= 15 is 0 Å². The number of nitrogens with one attached hydrogen (secondary N) is 2. The van der Waals surface area contributed by atoms with Gasteiger partial charge in [0.05, 0.1) is 12.6 Å². The van der Waals surface area contributed by atoms with Crippen molar-refractivity contribution in [3.05, 3.63) is 22.4 Å². The summed E-state index contributed by atoms with van der Waals surface area (Å²) in [5, 5.41) is 18.1. The third kappa shape index (κ3) is 5.85. The Kier molecular flexibility index (Phi) is 7.14. The van der Waals surface area contributed by atoms with E-state index in [9.17, 15) is 9.59 Å². The van der Waals surface area contributed by atoms with E-state index in [-0.39, 0.29) is 24.5 Å². The van der Waals surface area contributed by atoms with Crippen molar-refractivity contribution < 1.29 is 14.7 Å². The van der Waals surface area contributed by atoms with Gasteiger partial charge in [-0.1, -0.05) is 6.92 Å². The van der Waals surface area contributed by atoms with E-state index in [2.05, 4.69) is 10.6 Å². The Morgan fingerprint density at radius 2 is 2.26 bits per heavy atom. The van der Waals surface area contributed by atoms with Crippen molar-refractivity contribution in [2.24, 2.45) is 0 Å². The molecule has 0 radical (unpaired) electrons. The van der Waals surface area contributed by atoms with Crippen molar-refractivity contribution in [3.63, 3.8) is 0 Å². The largest absolute Gasteiger partial charge is 0.394 e. The number of amides is 2. The SMILES string of the molecule is CCC(CO)NC(=O)CCCNC(=O)c1ccsc1. The normalized spacial score (nSPS) is 11.9. The third-order valence-electron chi connectivity index (χ3n) is 2.73. The molecule has 1 atom stereocenters. The van der Waals surface area contributed by atoms with Crippen LogP contribution in [0.3, 0.4) is 0 Å². The molecule has 5 nitrogen and oxygen atoms in total. The van der Waals surface area contributed by atoms with Crippen LogP contribution in [-0.2, 0) is 4.79 Å². The summed E-state index contributed by atoms with van der Waals surface area (Å²) in [6, 6.07) is 1.59. The first-order chi connectivity index (χ1) is 9.17. The van der Waals surface area contributed by atoms with Crippen LogP contribution < -0.4 is 10.6 Å². The molecule has 2 amide bonds. The number of aliphatic hydroxyl groups excluding tert-OH is 1. The Bertz CT molecular complexity index is 389. The molecule has 0 spiro atoms. The lowest BCUT2D eigenvalue weighted by atomic mass is 10.2. The standard InChI is InChI=1S/C13H20N2O3S/c1-2-11(8-16)15-12(17)4-3-6-14-13(18)10-5-7-19-9-10/h5,7,9,11,16H,2-4,6,8H2,1H3,(H,14,18)(H,15,17). The molecule has 0 aliphatic carbocycles. The number of thiophene rings is 1. The van der Waals surface area contributed by atoms with Crippen LogP contribution in [0.1, 0.15) is 36.5 Å². The van der Waals surface area contributed by atoms with Gasteiger partial charge in [-0.2, -0.15) is 11.3 Å². The molecule has 1 unspecified atom stereocenters. The molecule has 1 aromatic heterocycles. The summed E-state index contributed by atoms with van der Waals surface area (Å²) < 4.78 is 0. The first-order valence-corrected chi connectivity index (χ1v) is 7.32. The highest BCUT2D eigenvalue weighted by Gasteiger charge is 2.09. The Hall–Kier alpha value is -1.40. The number of aliphatic hydroxyl groups is 1. The molecule has 1 rings (SSSR count). The van der Waals surface area contributed by atoms with Crippen LogP contribution in [0.25, 0.3) is 0 Å². The lowest BCUT2D eigenvalue weighted by Gasteiger charge is -2.13. The van der Waals surface area contributed by atoms with Crippen molar-refractivity contribution in [1.82, 2.24) is 10.6 Å². The quantitative estimate of drug-likeness (QED) is 0.627. The lowest BCUT2D eigenvalue weighted by molar-refractivity contribution is -0.122. The van der Waals surface area contributed by atoms with E-state index in [1.807, 2.05) is 12.3 Å². The van der Waals surface area contributed by atoms with E-state index in [4.69, 9.17) is 5.11 Å². The highest BCUT2D eigenvalue weighted by atomic mass is 32.1. The van der Waals surface area contributed by atoms with Crippen molar-refractivity contribution >= 4 is 23.2 Å². The van der Waals surface area contributed by atoms with Crippen molar-refractivity contribution in [1.29, 1.82) is 0 Å². The molecule has 6 heteroatoms. The first-order valence-electron chi connectivity index (χ1n) is 6.38. The summed E-state index contributed by atoms with van der Waals surface area (Å²) in [6.07, 6.45) is 1.64. The topological polar surface area (TPSA) is 78.4 Å². The number of rotatable bonds is 8. The van der Waals surface area contributed by atoms with Gasteiger partial charge >= 0.3 is 0 Å². The molecule has 1 aromatic rings. The Morgan fingerprint density at radius 3 is 2.84 bits per heavy atom. The number of hydrogen-bond donors (Lipinski definition) is 3. The maximum atomic E-state index is 11.6. The minimum absolute atomic E-state index is 0.0445. The third-order valence-corrected chi connectivity index (χ3v) is 3.41. The molecule has 0 aromatic carbocycles. The van der Waals surface area contributed by atoms with Gasteiger partial charge < -0.3 is 15.7 Å². The van der Waals surface area contributed by atoms with E-state index in [1.54, 1.807) is 11.4 Å². The van der Waals surface area contributed by atoms with E-state index in [0.29, 0.717) is 31.4 Å². The molecule has 0 bridgehead atoms. The summed E-state index contributed by atoms with van der Waals surface area (Å²) >= 11 is 1.48. The average Bonchev–Trinajstić information content (AvgIpc) is 2.94. The fourth-order valence-corrected chi connectivity index (χ4v) is 2.16. The molecular formula is C13H20N2O3S. The molecular weight excluding hydrogens is 264 g/mol. The fourth-order valence-electron chi connectivity index (χ4n) is 1.52. The minimum Gasteiger partial charge on any atom is -0.394 e. The monoisotopic (exact) mass is 284 g/mol. The van der Waals surface area contributed by atoms with Crippen LogP contribution >= 0.6 is 11.3 Å². The van der Waals surface area contributed by atoms with Crippen LogP contribution in [0, 0.1) is 0 Å². The Labute approximate surface area is 117 Å². The molecule has 0 aliphatic heterocycles. The van der Waals surface area contributed by atoms with Gasteiger partial charge in [-0.25, -0.2) is 0 Å². The predicted molar refractivity (Wildman–Crippen MR) is 75.2 cm³/mol. The van der Waals surface area contributed by atoms with E-state index < -0.39 is 0 Å². The average molecular weight is 284 g/mol. The summed E-state index contributed by atoms with van der Waals surface area (Å²) in [6.45, 7) is 2.33. The van der Waals surface area contributed by atoms with Gasteiger partial charge in [-0.05, 0) is 24.3 Å². The molecule has 106 valence electrons. The number of carbonyl (C=O) groups excluding carboxylic acids is 2. The van der Waals surface area contributed by atoms with Crippen molar-refractivity contribution in [2.75, 3.05) is 13.2 Å². The summed E-state index contributed by atoms with van der Waals surface area (Å²) in [7, 11) is 0. The zero-order valence-electron chi connectivity index (χ0n) is 11.0. The summed E-state index contributed by atoms with van der Waals surface area (Å²) in [5.41, 5.74) is 0.653. The summed E-state index contributed by atoms with van der Waals surface area (Å²) in [5.74, 6) is -0.200. The highest BCUT2D eigenvalue weighted by Crippen LogP contribution is 2.05. The second-order valence-electron chi connectivity index (χ2n) is 4.23. The van der Waals surface area contributed by atoms with E-state index in [1.165, 1.54) is 11.3 Å². The molecule has 0 saturated carbocycles. The van der Waals surface area contributed by atoms with Gasteiger partial charge in [0, 0.05) is 23.9 Å². The number of carbonyl (C=O) groups is 2. The zero-order valence-corrected chi connectivity index (χ0v) is 11.8. The van der Waals surface area contributed by atoms with Crippen molar-refractivity contribution in [3.8, 4) is 0 Å². The second-order valence-corrected chi connectivity index (χ2v) is 5.01. The van der Waals surface area contributed by atoms with Gasteiger partial charge in [-0.3, -0.25) is 9.59 Å². The molecule has 19 heavy (non-hydrogen) atoms. The van der Waals surface area contributed by atoms with Crippen molar-refractivity contribution in [2.45, 2.75) is 32.2 Å². The van der Waals surface area contributed by atoms with Gasteiger partial charge in [-0.15, -0.1) is 0 Å². The van der Waals surface area contributed by atoms with Gasteiger partial charge in [0.15, 0.2) is 0 Å². The molecule has 0 aliphatic rings. The first kappa shape index (κ1) is 15.7. The maximum Gasteiger partial charge on any atom is 0.252 e. The number of hydrogen-bond acceptors (Lipinski definition) is 4. The predicted octanol–water partition coefficient (Wildman–Crippen LogP) is 1.15. The molecule has 0 fully saturated rings. The van der Waals surface area contributed by atoms with Crippen LogP contribution in [0.4, 0.5) is 0 Å². The summed E-state index contributed by atoms with van der Waals surface area (Å²) in [4.78, 5) is 23.1. The highest BCUT2D eigenvalue weighted by molar-refractivity contribution is 7.08. The van der Waals surface area contributed by atoms with Crippen LogP contribution in [0.5, 0.6) is 0 Å². The molecule has 1 heterocycles. The van der Waals surface area contributed by atoms with E-state index in [0.717, 1.165) is 0 Å². The molecule has 3 N–H and O–H groups in total. The second kappa shape index (κ2) is 8.66. The zero-order chi connectivity index (χ0) is 14.1. The lowest BCUT2D eigenvalue weighted by Crippen LogP contribution is -2.37. The van der Waals surface area contributed by atoms with Crippen LogP contribution in [0.15, 0.2) is 16.8 Å². The van der Waals surface area contributed by atoms with Gasteiger partial charge in [0.25, 0.3) is 5.91 Å². The minimum atomic E-state index is -0.173. The Balaban J connectivity index is 2.13. The maximum absolute atomic E-state index is 11.6. The smallest absolute Gasteiger partial charge is 0.252 e. The fraction of sp³-hybridized carbons (Fsp3) is 0.538. The van der Waals surface area contributed by atoms with Gasteiger partial charge in [0.2, 0.25) is 5.91 Å².